The monoisotopic (exact) mass is 383 g/mol. The number of aromatic nitrogens is 2. The summed E-state index contributed by atoms with van der Waals surface area (Å²) in [5.41, 5.74) is 1.10. The standard InChI is InChI=1S/C10H14IN3O3S/c1-18(15,16)13-7-4-14-10(17-5-7)8(11)9(12-14)6-2-3-6/h6-7,13H,2-5H2,1H3/t7-/m0/s1. The number of nitrogens with one attached hydrogen (secondary N) is 1. The first kappa shape index (κ1) is 12.7. The number of fused-ring (bicyclic) bond motifs is 1. The summed E-state index contributed by atoms with van der Waals surface area (Å²) in [6, 6.07) is -0.241. The molecule has 1 atom stereocenters. The summed E-state index contributed by atoms with van der Waals surface area (Å²) in [5.74, 6) is 1.35. The molecule has 0 amide bonds. The average molecular weight is 383 g/mol. The first-order valence-corrected chi connectivity index (χ1v) is 8.77. The van der Waals surface area contributed by atoms with Crippen LogP contribution in [0, 0.1) is 3.57 Å². The maximum Gasteiger partial charge on any atom is 0.226 e. The zero-order chi connectivity index (χ0) is 12.9. The summed E-state index contributed by atoms with van der Waals surface area (Å²) in [6.07, 6.45) is 3.54. The zero-order valence-electron chi connectivity index (χ0n) is 9.89. The lowest BCUT2D eigenvalue weighted by atomic mass is 10.3. The second-order valence-electron chi connectivity index (χ2n) is 4.86. The minimum atomic E-state index is -3.21. The van der Waals surface area contributed by atoms with Crippen LogP contribution in [0.25, 0.3) is 0 Å². The van der Waals surface area contributed by atoms with Gasteiger partial charge in [0.1, 0.15) is 6.61 Å². The number of hydrogen-bond acceptors (Lipinski definition) is 4. The molecule has 1 fully saturated rings. The minimum absolute atomic E-state index is 0.241. The van der Waals surface area contributed by atoms with Crippen LogP contribution in [-0.4, -0.2) is 37.1 Å². The molecular formula is C10H14IN3O3S. The smallest absolute Gasteiger partial charge is 0.226 e. The Morgan fingerprint density at radius 3 is 2.83 bits per heavy atom. The third-order valence-electron chi connectivity index (χ3n) is 3.03. The molecule has 18 heavy (non-hydrogen) atoms. The summed E-state index contributed by atoms with van der Waals surface area (Å²) < 4.78 is 33.5. The molecule has 8 heteroatoms. The lowest BCUT2D eigenvalue weighted by Gasteiger charge is -2.24. The van der Waals surface area contributed by atoms with Crippen molar-refractivity contribution in [3.63, 3.8) is 0 Å². The van der Waals surface area contributed by atoms with Gasteiger partial charge < -0.3 is 4.74 Å². The van der Waals surface area contributed by atoms with E-state index in [-0.39, 0.29) is 6.04 Å². The Kier molecular flexibility index (Phi) is 3.06. The largest absolute Gasteiger partial charge is 0.475 e. The Morgan fingerprint density at radius 2 is 2.22 bits per heavy atom. The number of rotatable bonds is 3. The van der Waals surface area contributed by atoms with Crippen LogP contribution < -0.4 is 9.46 Å². The number of halogens is 1. The molecule has 3 rings (SSSR count). The van der Waals surface area contributed by atoms with Crippen molar-refractivity contribution in [2.45, 2.75) is 31.3 Å². The van der Waals surface area contributed by atoms with Gasteiger partial charge in [-0.15, -0.1) is 0 Å². The highest BCUT2D eigenvalue weighted by molar-refractivity contribution is 14.1. The van der Waals surface area contributed by atoms with Gasteiger partial charge in [0.05, 0.1) is 28.1 Å². The number of ether oxygens (including phenoxy) is 1. The van der Waals surface area contributed by atoms with Gasteiger partial charge in [-0.1, -0.05) is 0 Å². The van der Waals surface area contributed by atoms with Gasteiger partial charge in [-0.3, -0.25) is 0 Å². The first-order chi connectivity index (χ1) is 8.44. The van der Waals surface area contributed by atoms with Gasteiger partial charge in [0.25, 0.3) is 0 Å². The SMILES string of the molecule is CS(=O)(=O)N[C@@H]1COc2c(I)c(C3CC3)nn2C1. The van der Waals surface area contributed by atoms with E-state index in [1.165, 1.54) is 12.8 Å². The molecule has 0 spiro atoms. The lowest BCUT2D eigenvalue weighted by Crippen LogP contribution is -2.44. The van der Waals surface area contributed by atoms with E-state index in [1.54, 1.807) is 4.68 Å². The van der Waals surface area contributed by atoms with Crippen LogP contribution in [-0.2, 0) is 16.6 Å². The van der Waals surface area contributed by atoms with E-state index in [2.05, 4.69) is 32.4 Å². The highest BCUT2D eigenvalue weighted by atomic mass is 127. The summed E-state index contributed by atoms with van der Waals surface area (Å²) in [4.78, 5) is 0. The highest BCUT2D eigenvalue weighted by Crippen LogP contribution is 2.44. The molecule has 0 saturated heterocycles. The van der Waals surface area contributed by atoms with Crippen molar-refractivity contribution in [2.75, 3.05) is 12.9 Å². The number of hydrogen-bond donors (Lipinski definition) is 1. The fourth-order valence-electron chi connectivity index (χ4n) is 2.14. The van der Waals surface area contributed by atoms with Gasteiger partial charge in [-0.2, -0.15) is 5.10 Å². The highest BCUT2D eigenvalue weighted by Gasteiger charge is 2.34. The van der Waals surface area contributed by atoms with Gasteiger partial charge in [0.15, 0.2) is 0 Å². The minimum Gasteiger partial charge on any atom is -0.475 e. The summed E-state index contributed by atoms with van der Waals surface area (Å²) >= 11 is 2.26. The van der Waals surface area contributed by atoms with E-state index < -0.39 is 10.0 Å². The molecule has 1 N–H and O–H groups in total. The van der Waals surface area contributed by atoms with Crippen LogP contribution in [0.4, 0.5) is 0 Å². The maximum atomic E-state index is 11.2. The second-order valence-corrected chi connectivity index (χ2v) is 7.72. The molecule has 1 aliphatic carbocycles. The summed E-state index contributed by atoms with van der Waals surface area (Å²) in [5, 5.41) is 4.54. The summed E-state index contributed by atoms with van der Waals surface area (Å²) in [7, 11) is -3.21. The molecule has 2 aliphatic rings. The predicted molar refractivity (Wildman–Crippen MR) is 74.2 cm³/mol. The van der Waals surface area contributed by atoms with Crippen LogP contribution >= 0.6 is 22.6 Å². The van der Waals surface area contributed by atoms with Crippen molar-refractivity contribution in [1.29, 1.82) is 0 Å². The van der Waals surface area contributed by atoms with Crippen LogP contribution in [0.2, 0.25) is 0 Å². The molecule has 0 bridgehead atoms. The first-order valence-electron chi connectivity index (χ1n) is 5.80. The Morgan fingerprint density at radius 1 is 1.50 bits per heavy atom. The average Bonchev–Trinajstić information content (AvgIpc) is 3.03. The van der Waals surface area contributed by atoms with E-state index in [0.717, 1.165) is 21.4 Å². The van der Waals surface area contributed by atoms with Crippen molar-refractivity contribution < 1.29 is 13.2 Å². The Bertz CT molecular complexity index is 579. The normalized spacial score (nSPS) is 23.6. The van der Waals surface area contributed by atoms with E-state index in [1.807, 2.05) is 0 Å². The molecule has 1 aromatic rings. The fraction of sp³-hybridized carbons (Fsp3) is 0.700. The molecule has 1 aliphatic heterocycles. The van der Waals surface area contributed by atoms with Crippen molar-refractivity contribution in [2.24, 2.45) is 0 Å². The third-order valence-corrected chi connectivity index (χ3v) is 4.81. The topological polar surface area (TPSA) is 73.2 Å². The molecule has 0 radical (unpaired) electrons. The van der Waals surface area contributed by atoms with E-state index in [4.69, 9.17) is 4.74 Å². The Labute approximate surface area is 119 Å². The molecule has 1 saturated carbocycles. The van der Waals surface area contributed by atoms with E-state index >= 15 is 0 Å². The van der Waals surface area contributed by atoms with Crippen LogP contribution in [0.5, 0.6) is 5.88 Å². The maximum absolute atomic E-state index is 11.2. The lowest BCUT2D eigenvalue weighted by molar-refractivity contribution is 0.195. The van der Waals surface area contributed by atoms with Crippen LogP contribution in [0.15, 0.2) is 0 Å². The quantitative estimate of drug-likeness (QED) is 0.780. The van der Waals surface area contributed by atoms with Crippen LogP contribution in [0.3, 0.4) is 0 Å². The van der Waals surface area contributed by atoms with Gasteiger partial charge in [-0.05, 0) is 35.4 Å². The summed E-state index contributed by atoms with van der Waals surface area (Å²) in [6.45, 7) is 0.893. The van der Waals surface area contributed by atoms with Crippen LogP contribution in [0.1, 0.15) is 24.5 Å². The predicted octanol–water partition coefficient (Wildman–Crippen LogP) is 0.675. The fourth-order valence-corrected chi connectivity index (χ4v) is 3.87. The molecule has 1 aromatic heterocycles. The second kappa shape index (κ2) is 4.34. The van der Waals surface area contributed by atoms with Crippen molar-refractivity contribution in [1.82, 2.24) is 14.5 Å². The molecule has 6 nitrogen and oxygen atoms in total. The van der Waals surface area contributed by atoms with Gasteiger partial charge in [0, 0.05) is 5.92 Å². The molecular weight excluding hydrogens is 369 g/mol. The molecule has 0 aromatic carbocycles. The molecule has 100 valence electrons. The van der Waals surface area contributed by atoms with Crippen molar-refractivity contribution in [3.05, 3.63) is 9.26 Å². The van der Waals surface area contributed by atoms with Crippen molar-refractivity contribution >= 4 is 32.6 Å². The zero-order valence-corrected chi connectivity index (χ0v) is 12.9. The van der Waals surface area contributed by atoms with Gasteiger partial charge >= 0.3 is 0 Å². The Balaban J connectivity index is 1.82. The Hall–Kier alpha value is -0.350. The van der Waals surface area contributed by atoms with E-state index in [0.29, 0.717) is 19.1 Å². The van der Waals surface area contributed by atoms with Gasteiger partial charge in [-0.25, -0.2) is 17.8 Å². The molecule has 2 heterocycles. The van der Waals surface area contributed by atoms with Gasteiger partial charge in [0.2, 0.25) is 15.9 Å². The molecule has 0 unspecified atom stereocenters. The number of nitrogens with zero attached hydrogens (tertiary/aromatic N) is 2. The van der Waals surface area contributed by atoms with E-state index in [9.17, 15) is 8.42 Å². The van der Waals surface area contributed by atoms with Crippen molar-refractivity contribution in [3.8, 4) is 5.88 Å². The third kappa shape index (κ3) is 2.50. The number of sulfonamides is 1.